The van der Waals surface area contributed by atoms with Crippen LogP contribution in [0.5, 0.6) is 34.5 Å². The Morgan fingerprint density at radius 1 is 0.976 bits per heavy atom. The number of ketones is 1. The molecule has 0 bridgehead atoms. The van der Waals surface area contributed by atoms with E-state index in [1.807, 2.05) is 25.2 Å². The van der Waals surface area contributed by atoms with E-state index in [0.29, 0.717) is 58.8 Å². The monoisotopic (exact) mass is 562 g/mol. The molecule has 0 aromatic heterocycles. The third-order valence-electron chi connectivity index (χ3n) is 6.34. The van der Waals surface area contributed by atoms with Crippen molar-refractivity contribution in [2.45, 2.75) is 13.0 Å². The number of carbonyl (C=O) groups excluding carboxylic acids is 2. The SMILES string of the molecule is CNC(=O)Oc1cccc(CN(C)CCCOc2ccc3c(c2)O/C(=C\c2cc(OC)c(OC)c(OC)c2)C3=O)c1. The van der Waals surface area contributed by atoms with E-state index < -0.39 is 6.09 Å². The Morgan fingerprint density at radius 3 is 2.41 bits per heavy atom. The minimum Gasteiger partial charge on any atom is -0.493 e. The van der Waals surface area contributed by atoms with Gasteiger partial charge in [-0.15, -0.1) is 0 Å². The first kappa shape index (κ1) is 29.3. The molecule has 0 aliphatic carbocycles. The van der Waals surface area contributed by atoms with Gasteiger partial charge < -0.3 is 38.6 Å². The molecule has 10 nitrogen and oxygen atoms in total. The highest BCUT2D eigenvalue weighted by atomic mass is 16.6. The number of Topliss-reactive ketones (excluding diaryl/α,β-unsaturated/α-hetero) is 1. The largest absolute Gasteiger partial charge is 0.493 e. The molecule has 1 amide bonds. The Balaban J connectivity index is 1.31. The lowest BCUT2D eigenvalue weighted by Crippen LogP contribution is -2.22. The van der Waals surface area contributed by atoms with E-state index in [1.54, 1.807) is 42.5 Å². The van der Waals surface area contributed by atoms with E-state index in [9.17, 15) is 9.59 Å². The van der Waals surface area contributed by atoms with Crippen LogP contribution in [0, 0.1) is 0 Å². The smallest absolute Gasteiger partial charge is 0.412 e. The first-order chi connectivity index (χ1) is 19.8. The Kier molecular flexibility index (Phi) is 9.70. The number of allylic oxidation sites excluding steroid dienone is 1. The van der Waals surface area contributed by atoms with Crippen LogP contribution in [0.25, 0.3) is 6.08 Å². The predicted octanol–water partition coefficient (Wildman–Crippen LogP) is 4.95. The molecule has 0 saturated carbocycles. The summed E-state index contributed by atoms with van der Waals surface area (Å²) < 4.78 is 33.2. The molecule has 0 spiro atoms. The molecule has 1 aliphatic heterocycles. The molecule has 4 rings (SSSR count). The van der Waals surface area contributed by atoms with Crippen LogP contribution in [-0.4, -0.2) is 65.4 Å². The highest BCUT2D eigenvalue weighted by Gasteiger charge is 2.28. The lowest BCUT2D eigenvalue weighted by molar-refractivity contribution is 0.101. The molecule has 0 saturated heterocycles. The number of benzene rings is 3. The van der Waals surface area contributed by atoms with Gasteiger partial charge in [0.15, 0.2) is 17.3 Å². The van der Waals surface area contributed by atoms with Gasteiger partial charge >= 0.3 is 6.09 Å². The molecule has 3 aromatic rings. The minimum absolute atomic E-state index is 0.192. The van der Waals surface area contributed by atoms with Crippen LogP contribution >= 0.6 is 0 Å². The van der Waals surface area contributed by atoms with Crippen LogP contribution in [0.2, 0.25) is 0 Å². The molecule has 216 valence electrons. The molecule has 0 fully saturated rings. The summed E-state index contributed by atoms with van der Waals surface area (Å²) in [7, 11) is 8.13. The Morgan fingerprint density at radius 2 is 1.73 bits per heavy atom. The van der Waals surface area contributed by atoms with Crippen molar-refractivity contribution < 1.29 is 38.0 Å². The fourth-order valence-corrected chi connectivity index (χ4v) is 4.37. The number of ether oxygens (including phenoxy) is 6. The predicted molar refractivity (Wildman–Crippen MR) is 153 cm³/mol. The fraction of sp³-hybridized carbons (Fsp3) is 0.290. The van der Waals surface area contributed by atoms with Gasteiger partial charge in [-0.2, -0.15) is 0 Å². The average molecular weight is 563 g/mol. The summed E-state index contributed by atoms with van der Waals surface area (Å²) in [6.45, 7) is 1.98. The summed E-state index contributed by atoms with van der Waals surface area (Å²) in [6, 6.07) is 16.1. The zero-order chi connectivity index (χ0) is 29.4. The van der Waals surface area contributed by atoms with E-state index in [4.69, 9.17) is 28.4 Å². The maximum Gasteiger partial charge on any atom is 0.412 e. The molecule has 0 atom stereocenters. The van der Waals surface area contributed by atoms with Gasteiger partial charge in [-0.1, -0.05) is 12.1 Å². The van der Waals surface area contributed by atoms with Crippen molar-refractivity contribution in [2.75, 3.05) is 48.6 Å². The van der Waals surface area contributed by atoms with Crippen LogP contribution in [0.1, 0.15) is 27.9 Å². The molecular weight excluding hydrogens is 528 g/mol. The maximum absolute atomic E-state index is 13.0. The number of fused-ring (bicyclic) bond motifs is 1. The first-order valence-electron chi connectivity index (χ1n) is 13.0. The van der Waals surface area contributed by atoms with E-state index >= 15 is 0 Å². The number of hydrogen-bond acceptors (Lipinski definition) is 9. The van der Waals surface area contributed by atoms with Crippen LogP contribution in [0.15, 0.2) is 60.4 Å². The second-order valence-electron chi connectivity index (χ2n) is 9.28. The zero-order valence-electron chi connectivity index (χ0n) is 23.8. The molecule has 1 N–H and O–H groups in total. The Bertz CT molecular complexity index is 1410. The third kappa shape index (κ3) is 7.29. The van der Waals surface area contributed by atoms with Crippen LogP contribution in [0.4, 0.5) is 4.79 Å². The summed E-state index contributed by atoms with van der Waals surface area (Å²) in [4.78, 5) is 26.6. The molecule has 3 aromatic carbocycles. The van der Waals surface area contributed by atoms with Crippen molar-refractivity contribution in [2.24, 2.45) is 0 Å². The van der Waals surface area contributed by atoms with E-state index in [0.717, 1.165) is 18.5 Å². The second kappa shape index (κ2) is 13.6. The van der Waals surface area contributed by atoms with Crippen molar-refractivity contribution in [3.8, 4) is 34.5 Å². The summed E-state index contributed by atoms with van der Waals surface area (Å²) in [6.07, 6.45) is 1.93. The normalized spacial score (nSPS) is 13.0. The number of nitrogens with one attached hydrogen (secondary N) is 1. The van der Waals surface area contributed by atoms with Crippen molar-refractivity contribution in [1.29, 1.82) is 0 Å². The number of nitrogens with zero attached hydrogens (tertiary/aromatic N) is 1. The number of hydrogen-bond donors (Lipinski definition) is 1. The number of methoxy groups -OCH3 is 3. The van der Waals surface area contributed by atoms with Crippen molar-refractivity contribution in [1.82, 2.24) is 10.2 Å². The molecular formula is C31H34N2O8. The lowest BCUT2D eigenvalue weighted by atomic mass is 10.1. The maximum atomic E-state index is 13.0. The molecule has 1 aliphatic rings. The van der Waals surface area contributed by atoms with E-state index in [2.05, 4.69) is 10.2 Å². The highest BCUT2D eigenvalue weighted by molar-refractivity contribution is 6.14. The van der Waals surface area contributed by atoms with E-state index in [-0.39, 0.29) is 11.5 Å². The second-order valence-corrected chi connectivity index (χ2v) is 9.28. The number of rotatable bonds is 12. The molecule has 10 heteroatoms. The summed E-state index contributed by atoms with van der Waals surface area (Å²) >= 11 is 0. The fourth-order valence-electron chi connectivity index (χ4n) is 4.37. The van der Waals surface area contributed by atoms with Gasteiger partial charge in [0.25, 0.3) is 0 Å². The quantitative estimate of drug-likeness (QED) is 0.243. The van der Waals surface area contributed by atoms with Gasteiger partial charge in [0, 0.05) is 26.2 Å². The van der Waals surface area contributed by atoms with Crippen LogP contribution < -0.4 is 33.7 Å². The molecule has 0 radical (unpaired) electrons. The number of carbonyl (C=O) groups is 2. The molecule has 41 heavy (non-hydrogen) atoms. The number of amides is 1. The molecule has 1 heterocycles. The van der Waals surface area contributed by atoms with Crippen LogP contribution in [0.3, 0.4) is 0 Å². The van der Waals surface area contributed by atoms with Crippen LogP contribution in [-0.2, 0) is 6.54 Å². The topological polar surface area (TPSA) is 105 Å². The van der Waals surface area contributed by atoms with Gasteiger partial charge in [-0.25, -0.2) is 4.79 Å². The summed E-state index contributed by atoms with van der Waals surface area (Å²) in [5.41, 5.74) is 2.17. The average Bonchev–Trinajstić information content (AvgIpc) is 3.28. The van der Waals surface area contributed by atoms with E-state index in [1.165, 1.54) is 28.4 Å². The zero-order valence-corrected chi connectivity index (χ0v) is 23.8. The Hall–Kier alpha value is -4.70. The minimum atomic E-state index is -0.500. The first-order valence-corrected chi connectivity index (χ1v) is 13.0. The summed E-state index contributed by atoms with van der Waals surface area (Å²) in [5, 5.41) is 2.44. The highest BCUT2D eigenvalue weighted by Crippen LogP contribution is 2.40. The summed E-state index contributed by atoms with van der Waals surface area (Å²) in [5.74, 6) is 2.96. The van der Waals surface area contributed by atoms with Gasteiger partial charge in [0.1, 0.15) is 17.2 Å². The van der Waals surface area contributed by atoms with Crippen molar-refractivity contribution in [3.05, 3.63) is 77.0 Å². The van der Waals surface area contributed by atoms with Crippen molar-refractivity contribution >= 4 is 18.0 Å². The van der Waals surface area contributed by atoms with Gasteiger partial charge in [-0.05, 0) is 67.1 Å². The van der Waals surface area contributed by atoms with Gasteiger partial charge in [-0.3, -0.25) is 4.79 Å². The van der Waals surface area contributed by atoms with Crippen molar-refractivity contribution in [3.63, 3.8) is 0 Å². The van der Waals surface area contributed by atoms with Gasteiger partial charge in [0.2, 0.25) is 11.5 Å². The standard InChI is InChI=1S/C31H34N2O8/c1-32-31(35)40-23-9-6-8-20(14-23)19-33(2)12-7-13-39-22-10-11-24-25(18-22)41-26(29(24)34)15-21-16-27(36-3)30(38-5)28(17-21)37-4/h6,8-11,14-18H,7,12-13,19H2,1-5H3,(H,32,35)/b26-15-. The lowest BCUT2D eigenvalue weighted by Gasteiger charge is -2.17. The molecule has 0 unspecified atom stereocenters. The Labute approximate surface area is 239 Å². The van der Waals surface area contributed by atoms with Gasteiger partial charge in [0.05, 0.1) is 33.5 Å². The third-order valence-corrected chi connectivity index (χ3v) is 6.34.